The standard InChI is InChI=1S/C14H12ClIN2O3/c15-13-9-10(16)1-6-14(13)17-7-8-21-12-4-2-11(3-5-12)18(19)20/h1-6,9,17H,7-8H2. The molecule has 0 saturated carbocycles. The van der Waals surface area contributed by atoms with Crippen LogP contribution in [0.2, 0.25) is 5.02 Å². The van der Waals surface area contributed by atoms with Gasteiger partial charge in [0.15, 0.2) is 0 Å². The number of halogens is 2. The highest BCUT2D eigenvalue weighted by Gasteiger charge is 2.04. The zero-order chi connectivity index (χ0) is 15.2. The van der Waals surface area contributed by atoms with Gasteiger partial charge in [0.25, 0.3) is 5.69 Å². The van der Waals surface area contributed by atoms with E-state index in [4.69, 9.17) is 16.3 Å². The summed E-state index contributed by atoms with van der Waals surface area (Å²) in [5.41, 5.74) is 0.899. The molecule has 7 heteroatoms. The van der Waals surface area contributed by atoms with Crippen molar-refractivity contribution >= 4 is 45.6 Å². The van der Waals surface area contributed by atoms with E-state index in [0.29, 0.717) is 23.9 Å². The fourth-order valence-corrected chi connectivity index (χ4v) is 2.57. The summed E-state index contributed by atoms with van der Waals surface area (Å²) in [5, 5.41) is 14.4. The lowest BCUT2D eigenvalue weighted by Gasteiger charge is -2.10. The minimum Gasteiger partial charge on any atom is -0.492 e. The molecule has 2 rings (SSSR count). The van der Waals surface area contributed by atoms with Crippen LogP contribution < -0.4 is 10.1 Å². The second kappa shape index (κ2) is 7.46. The maximum absolute atomic E-state index is 10.5. The van der Waals surface area contributed by atoms with E-state index in [1.807, 2.05) is 18.2 Å². The van der Waals surface area contributed by atoms with E-state index in [-0.39, 0.29) is 5.69 Å². The Labute approximate surface area is 140 Å². The van der Waals surface area contributed by atoms with Gasteiger partial charge >= 0.3 is 0 Å². The third-order valence-electron chi connectivity index (χ3n) is 2.66. The second-order valence-corrected chi connectivity index (χ2v) is 5.80. The molecule has 0 radical (unpaired) electrons. The number of anilines is 1. The van der Waals surface area contributed by atoms with Crippen LogP contribution in [0.5, 0.6) is 5.75 Å². The van der Waals surface area contributed by atoms with Crippen LogP contribution in [0.25, 0.3) is 0 Å². The van der Waals surface area contributed by atoms with Gasteiger partial charge in [-0.15, -0.1) is 0 Å². The Balaban J connectivity index is 1.80. The Morgan fingerprint density at radius 2 is 1.95 bits per heavy atom. The molecule has 5 nitrogen and oxygen atoms in total. The van der Waals surface area contributed by atoms with Crippen LogP contribution in [0.4, 0.5) is 11.4 Å². The molecule has 0 aliphatic rings. The Morgan fingerprint density at radius 3 is 2.57 bits per heavy atom. The SMILES string of the molecule is O=[N+]([O-])c1ccc(OCCNc2ccc(I)cc2Cl)cc1. The zero-order valence-corrected chi connectivity index (χ0v) is 13.8. The fourth-order valence-electron chi connectivity index (χ4n) is 1.65. The van der Waals surface area contributed by atoms with Gasteiger partial charge in [-0.05, 0) is 52.9 Å². The van der Waals surface area contributed by atoms with Crippen LogP contribution in [0, 0.1) is 13.7 Å². The van der Waals surface area contributed by atoms with Gasteiger partial charge < -0.3 is 10.1 Å². The average molecular weight is 419 g/mol. The second-order valence-electron chi connectivity index (χ2n) is 4.15. The largest absolute Gasteiger partial charge is 0.492 e. The molecule has 0 fully saturated rings. The van der Waals surface area contributed by atoms with Crippen LogP contribution >= 0.6 is 34.2 Å². The molecule has 110 valence electrons. The number of benzene rings is 2. The maximum Gasteiger partial charge on any atom is 0.269 e. The molecule has 0 bridgehead atoms. The minimum atomic E-state index is -0.440. The number of hydrogen-bond acceptors (Lipinski definition) is 4. The molecule has 2 aromatic carbocycles. The first-order valence-corrected chi connectivity index (χ1v) is 7.58. The Morgan fingerprint density at radius 1 is 1.24 bits per heavy atom. The predicted molar refractivity (Wildman–Crippen MR) is 91.3 cm³/mol. The molecule has 0 amide bonds. The molecule has 21 heavy (non-hydrogen) atoms. The molecule has 0 atom stereocenters. The van der Waals surface area contributed by atoms with Crippen LogP contribution in [-0.2, 0) is 0 Å². The van der Waals surface area contributed by atoms with Crippen molar-refractivity contribution in [2.24, 2.45) is 0 Å². The molecule has 0 aliphatic heterocycles. The highest BCUT2D eigenvalue weighted by atomic mass is 127. The van der Waals surface area contributed by atoms with E-state index in [2.05, 4.69) is 27.9 Å². The topological polar surface area (TPSA) is 64.4 Å². The van der Waals surface area contributed by atoms with Crippen molar-refractivity contribution in [1.29, 1.82) is 0 Å². The van der Waals surface area contributed by atoms with Crippen molar-refractivity contribution in [3.63, 3.8) is 0 Å². The quantitative estimate of drug-likeness (QED) is 0.328. The van der Waals surface area contributed by atoms with Crippen LogP contribution in [0.1, 0.15) is 0 Å². The normalized spacial score (nSPS) is 10.2. The summed E-state index contributed by atoms with van der Waals surface area (Å²) >= 11 is 8.30. The van der Waals surface area contributed by atoms with Crippen molar-refractivity contribution in [2.45, 2.75) is 0 Å². The third-order valence-corrected chi connectivity index (χ3v) is 3.65. The number of rotatable bonds is 6. The molecule has 0 aliphatic carbocycles. The van der Waals surface area contributed by atoms with Crippen molar-refractivity contribution in [3.05, 3.63) is 61.2 Å². The van der Waals surface area contributed by atoms with E-state index >= 15 is 0 Å². The first-order valence-electron chi connectivity index (χ1n) is 6.12. The number of ether oxygens (including phenoxy) is 1. The van der Waals surface area contributed by atoms with Gasteiger partial charge in [-0.2, -0.15) is 0 Å². The lowest BCUT2D eigenvalue weighted by molar-refractivity contribution is -0.384. The van der Waals surface area contributed by atoms with Crippen molar-refractivity contribution in [2.75, 3.05) is 18.5 Å². The van der Waals surface area contributed by atoms with Gasteiger partial charge in [-0.3, -0.25) is 10.1 Å². The van der Waals surface area contributed by atoms with E-state index in [0.717, 1.165) is 9.26 Å². The summed E-state index contributed by atoms with van der Waals surface area (Å²) in [5.74, 6) is 0.594. The fraction of sp³-hybridized carbons (Fsp3) is 0.143. The number of hydrogen-bond donors (Lipinski definition) is 1. The smallest absolute Gasteiger partial charge is 0.269 e. The molecule has 0 spiro atoms. The molecular formula is C14H12ClIN2O3. The van der Waals surface area contributed by atoms with Crippen LogP contribution in [0.15, 0.2) is 42.5 Å². The van der Waals surface area contributed by atoms with E-state index < -0.39 is 4.92 Å². The van der Waals surface area contributed by atoms with Gasteiger partial charge in [0.2, 0.25) is 0 Å². The highest BCUT2D eigenvalue weighted by Crippen LogP contribution is 2.23. The third kappa shape index (κ3) is 4.75. The average Bonchev–Trinajstić information content (AvgIpc) is 2.46. The van der Waals surface area contributed by atoms with Crippen molar-refractivity contribution in [3.8, 4) is 5.75 Å². The maximum atomic E-state index is 10.5. The molecule has 0 unspecified atom stereocenters. The molecular weight excluding hydrogens is 407 g/mol. The van der Waals surface area contributed by atoms with Gasteiger partial charge in [-0.25, -0.2) is 0 Å². The molecule has 0 aromatic heterocycles. The lowest BCUT2D eigenvalue weighted by Crippen LogP contribution is -2.11. The summed E-state index contributed by atoms with van der Waals surface area (Å²) in [7, 11) is 0. The summed E-state index contributed by atoms with van der Waals surface area (Å²) in [4.78, 5) is 10.1. The monoisotopic (exact) mass is 418 g/mol. The highest BCUT2D eigenvalue weighted by molar-refractivity contribution is 14.1. The Hall–Kier alpha value is -1.54. The number of non-ortho nitro benzene ring substituents is 1. The van der Waals surface area contributed by atoms with Crippen LogP contribution in [0.3, 0.4) is 0 Å². The summed E-state index contributed by atoms with van der Waals surface area (Å²) in [6.45, 7) is 1.01. The van der Waals surface area contributed by atoms with Gasteiger partial charge in [0.05, 0.1) is 15.6 Å². The Kier molecular flexibility index (Phi) is 5.63. The zero-order valence-electron chi connectivity index (χ0n) is 10.9. The minimum absolute atomic E-state index is 0.0474. The van der Waals surface area contributed by atoms with Crippen molar-refractivity contribution < 1.29 is 9.66 Å². The molecule has 1 N–H and O–H groups in total. The lowest BCUT2D eigenvalue weighted by atomic mass is 10.3. The molecule has 0 heterocycles. The molecule has 0 saturated heterocycles. The van der Waals surface area contributed by atoms with E-state index in [1.54, 1.807) is 12.1 Å². The first kappa shape index (κ1) is 15.8. The van der Waals surface area contributed by atoms with E-state index in [1.165, 1.54) is 12.1 Å². The van der Waals surface area contributed by atoms with Gasteiger partial charge in [-0.1, -0.05) is 11.6 Å². The van der Waals surface area contributed by atoms with Gasteiger partial charge in [0.1, 0.15) is 12.4 Å². The number of nitrogens with zero attached hydrogens (tertiary/aromatic N) is 1. The van der Waals surface area contributed by atoms with Crippen molar-refractivity contribution in [1.82, 2.24) is 0 Å². The number of nitro benzene ring substituents is 1. The number of nitro groups is 1. The van der Waals surface area contributed by atoms with E-state index in [9.17, 15) is 10.1 Å². The summed E-state index contributed by atoms with van der Waals surface area (Å²) in [6, 6.07) is 11.7. The first-order chi connectivity index (χ1) is 10.1. The predicted octanol–water partition coefficient (Wildman–Crippen LogP) is 4.34. The Bertz CT molecular complexity index is 635. The van der Waals surface area contributed by atoms with Gasteiger partial charge in [0, 0.05) is 22.2 Å². The number of nitrogens with one attached hydrogen (secondary N) is 1. The summed E-state index contributed by atoms with van der Waals surface area (Å²) in [6.07, 6.45) is 0. The summed E-state index contributed by atoms with van der Waals surface area (Å²) < 4.78 is 6.57. The molecule has 2 aromatic rings. The van der Waals surface area contributed by atoms with Crippen LogP contribution in [-0.4, -0.2) is 18.1 Å².